The molecule has 0 saturated carbocycles. The van der Waals surface area contributed by atoms with Crippen LogP contribution in [0.15, 0.2) is 53.4 Å². The number of amides is 1. The van der Waals surface area contributed by atoms with E-state index in [1.807, 2.05) is 36.4 Å². The van der Waals surface area contributed by atoms with Gasteiger partial charge in [-0.2, -0.15) is 0 Å². The van der Waals surface area contributed by atoms with Gasteiger partial charge in [0.1, 0.15) is 0 Å². The van der Waals surface area contributed by atoms with Gasteiger partial charge in [0.05, 0.1) is 17.1 Å². The molecular weight excluding hydrogens is 266 g/mol. The zero-order valence-electron chi connectivity index (χ0n) is 9.56. The first-order chi connectivity index (χ1) is 8.65. The second-order valence-electron chi connectivity index (χ2n) is 3.87. The van der Waals surface area contributed by atoms with Gasteiger partial charge in [0.25, 0.3) is 0 Å². The number of halogens is 1. The number of para-hydroxylation sites is 1. The molecule has 2 rings (SSSR count). The molecule has 0 aliphatic heterocycles. The molecule has 0 heterocycles. The molecule has 0 radical (unpaired) electrons. The summed E-state index contributed by atoms with van der Waals surface area (Å²) in [5, 5.41) is 3.32. The Morgan fingerprint density at radius 1 is 1.11 bits per heavy atom. The molecule has 0 aliphatic carbocycles. The quantitative estimate of drug-likeness (QED) is 0.821. The van der Waals surface area contributed by atoms with E-state index in [0.717, 1.165) is 10.5 Å². The summed E-state index contributed by atoms with van der Waals surface area (Å²) in [4.78, 5) is 12.7. The zero-order chi connectivity index (χ0) is 13.0. The van der Waals surface area contributed by atoms with Gasteiger partial charge in [0, 0.05) is 4.90 Å². The summed E-state index contributed by atoms with van der Waals surface area (Å²) in [6.45, 7) is 0. The molecule has 2 nitrogen and oxygen atoms in total. The van der Waals surface area contributed by atoms with Crippen LogP contribution in [0.2, 0.25) is 5.02 Å². The summed E-state index contributed by atoms with van der Waals surface area (Å²) in [5.74, 6) is -0.0879. The van der Waals surface area contributed by atoms with E-state index in [0.29, 0.717) is 17.1 Å². The first kappa shape index (κ1) is 13.0. The average Bonchev–Trinajstić information content (AvgIpc) is 2.35. The van der Waals surface area contributed by atoms with Crippen LogP contribution in [-0.4, -0.2) is 5.91 Å². The molecule has 4 heteroatoms. The molecule has 0 saturated heterocycles. The minimum Gasteiger partial charge on any atom is -0.324 e. The molecule has 0 fully saturated rings. The summed E-state index contributed by atoms with van der Waals surface area (Å²) in [5.41, 5.74) is 1.58. The first-order valence-corrected chi connectivity index (χ1v) is 6.30. The second kappa shape index (κ2) is 5.94. The lowest BCUT2D eigenvalue weighted by molar-refractivity contribution is -0.115. The lowest BCUT2D eigenvalue weighted by Gasteiger charge is -2.07. The Hall–Kier alpha value is -1.45. The maximum atomic E-state index is 11.8. The Morgan fingerprint density at radius 2 is 1.78 bits per heavy atom. The lowest BCUT2D eigenvalue weighted by atomic mass is 10.1. The third kappa shape index (κ3) is 3.52. The standard InChI is InChI=1S/C14H12ClNOS/c15-12-3-1-2-4-13(12)16-14(17)9-10-5-7-11(18)8-6-10/h1-8,18H,9H2,(H,16,17). The predicted molar refractivity (Wildman–Crippen MR) is 77.5 cm³/mol. The molecular formula is C14H12ClNOS. The number of carbonyl (C=O) groups is 1. The number of nitrogens with one attached hydrogen (secondary N) is 1. The number of benzene rings is 2. The van der Waals surface area contributed by atoms with Crippen LogP contribution in [0.4, 0.5) is 5.69 Å². The summed E-state index contributed by atoms with van der Waals surface area (Å²) < 4.78 is 0. The van der Waals surface area contributed by atoms with Gasteiger partial charge in [-0.05, 0) is 29.8 Å². The van der Waals surface area contributed by atoms with Crippen molar-refractivity contribution in [2.24, 2.45) is 0 Å². The molecule has 0 aliphatic rings. The first-order valence-electron chi connectivity index (χ1n) is 5.47. The van der Waals surface area contributed by atoms with Crippen LogP contribution in [-0.2, 0) is 11.2 Å². The van der Waals surface area contributed by atoms with Gasteiger partial charge in [-0.3, -0.25) is 4.79 Å². The minimum absolute atomic E-state index is 0.0879. The van der Waals surface area contributed by atoms with Crippen LogP contribution in [0.1, 0.15) is 5.56 Å². The molecule has 0 unspecified atom stereocenters. The van der Waals surface area contributed by atoms with E-state index in [1.165, 1.54) is 0 Å². The molecule has 0 spiro atoms. The number of hydrogen-bond donors (Lipinski definition) is 2. The molecule has 92 valence electrons. The van der Waals surface area contributed by atoms with E-state index in [1.54, 1.807) is 12.1 Å². The van der Waals surface area contributed by atoms with Gasteiger partial charge < -0.3 is 5.32 Å². The van der Waals surface area contributed by atoms with Crippen molar-refractivity contribution in [3.8, 4) is 0 Å². The number of carbonyl (C=O) groups excluding carboxylic acids is 1. The Labute approximate surface area is 116 Å². The maximum Gasteiger partial charge on any atom is 0.228 e. The summed E-state index contributed by atoms with van der Waals surface area (Å²) >= 11 is 10.2. The van der Waals surface area contributed by atoms with Gasteiger partial charge >= 0.3 is 0 Å². The molecule has 1 amide bonds. The fourth-order valence-electron chi connectivity index (χ4n) is 1.56. The van der Waals surface area contributed by atoms with E-state index in [4.69, 9.17) is 11.6 Å². The van der Waals surface area contributed by atoms with Crippen LogP contribution in [0.3, 0.4) is 0 Å². The Kier molecular flexibility index (Phi) is 4.28. The monoisotopic (exact) mass is 277 g/mol. The van der Waals surface area contributed by atoms with Crippen molar-refractivity contribution >= 4 is 35.8 Å². The SMILES string of the molecule is O=C(Cc1ccc(S)cc1)Nc1ccccc1Cl. The van der Waals surface area contributed by atoms with E-state index in [-0.39, 0.29) is 5.91 Å². The zero-order valence-corrected chi connectivity index (χ0v) is 11.2. The van der Waals surface area contributed by atoms with Crippen molar-refractivity contribution < 1.29 is 4.79 Å². The molecule has 1 N–H and O–H groups in total. The van der Waals surface area contributed by atoms with Crippen LogP contribution in [0, 0.1) is 0 Å². The highest BCUT2D eigenvalue weighted by molar-refractivity contribution is 7.80. The topological polar surface area (TPSA) is 29.1 Å². The van der Waals surface area contributed by atoms with Crippen LogP contribution in [0.5, 0.6) is 0 Å². The summed E-state index contributed by atoms with van der Waals surface area (Å²) in [6, 6.07) is 14.7. The Bertz CT molecular complexity index is 554. The third-order valence-electron chi connectivity index (χ3n) is 2.45. The maximum absolute atomic E-state index is 11.8. The third-order valence-corrected chi connectivity index (χ3v) is 3.08. The van der Waals surface area contributed by atoms with Gasteiger partial charge in [0.2, 0.25) is 5.91 Å². The van der Waals surface area contributed by atoms with E-state index < -0.39 is 0 Å². The van der Waals surface area contributed by atoms with Gasteiger partial charge in [-0.1, -0.05) is 35.9 Å². The van der Waals surface area contributed by atoms with Gasteiger partial charge in [-0.15, -0.1) is 12.6 Å². The molecule has 0 atom stereocenters. The fraction of sp³-hybridized carbons (Fsp3) is 0.0714. The molecule has 2 aromatic rings. The highest BCUT2D eigenvalue weighted by Crippen LogP contribution is 2.20. The predicted octanol–water partition coefficient (Wildman–Crippen LogP) is 3.81. The molecule has 2 aromatic carbocycles. The fourth-order valence-corrected chi connectivity index (χ4v) is 1.89. The summed E-state index contributed by atoms with van der Waals surface area (Å²) in [7, 11) is 0. The molecule has 0 aromatic heterocycles. The number of thiol groups is 1. The highest BCUT2D eigenvalue weighted by atomic mass is 35.5. The van der Waals surface area contributed by atoms with Crippen molar-refractivity contribution in [1.29, 1.82) is 0 Å². The van der Waals surface area contributed by atoms with Crippen molar-refractivity contribution in [2.75, 3.05) is 5.32 Å². The Balaban J connectivity index is 2.01. The normalized spacial score (nSPS) is 10.1. The second-order valence-corrected chi connectivity index (χ2v) is 4.79. The van der Waals surface area contributed by atoms with Gasteiger partial charge in [0.15, 0.2) is 0 Å². The number of anilines is 1. The van der Waals surface area contributed by atoms with Crippen LogP contribution in [0.25, 0.3) is 0 Å². The average molecular weight is 278 g/mol. The smallest absolute Gasteiger partial charge is 0.228 e. The van der Waals surface area contributed by atoms with E-state index in [2.05, 4.69) is 17.9 Å². The van der Waals surface area contributed by atoms with Crippen molar-refractivity contribution in [2.45, 2.75) is 11.3 Å². The number of rotatable bonds is 3. The van der Waals surface area contributed by atoms with Crippen molar-refractivity contribution in [3.05, 3.63) is 59.1 Å². The Morgan fingerprint density at radius 3 is 2.44 bits per heavy atom. The van der Waals surface area contributed by atoms with Gasteiger partial charge in [-0.25, -0.2) is 0 Å². The largest absolute Gasteiger partial charge is 0.324 e. The molecule has 18 heavy (non-hydrogen) atoms. The van der Waals surface area contributed by atoms with E-state index >= 15 is 0 Å². The van der Waals surface area contributed by atoms with E-state index in [9.17, 15) is 4.79 Å². The highest BCUT2D eigenvalue weighted by Gasteiger charge is 2.06. The van der Waals surface area contributed by atoms with Crippen molar-refractivity contribution in [3.63, 3.8) is 0 Å². The van der Waals surface area contributed by atoms with Crippen LogP contribution >= 0.6 is 24.2 Å². The minimum atomic E-state index is -0.0879. The summed E-state index contributed by atoms with van der Waals surface area (Å²) in [6.07, 6.45) is 0.319. The lowest BCUT2D eigenvalue weighted by Crippen LogP contribution is -2.14. The molecule has 0 bridgehead atoms. The number of hydrogen-bond acceptors (Lipinski definition) is 2. The van der Waals surface area contributed by atoms with Crippen molar-refractivity contribution in [1.82, 2.24) is 0 Å². The van der Waals surface area contributed by atoms with Crippen LogP contribution < -0.4 is 5.32 Å².